The van der Waals surface area contributed by atoms with Gasteiger partial charge < -0.3 is 10.5 Å². The van der Waals surface area contributed by atoms with E-state index in [2.05, 4.69) is 35.9 Å². The Hall–Kier alpha value is -3.21. The number of carbonyl (C=O) groups is 1. The van der Waals surface area contributed by atoms with Crippen molar-refractivity contribution in [2.24, 2.45) is 5.92 Å². The summed E-state index contributed by atoms with van der Waals surface area (Å²) in [5, 5.41) is 0. The van der Waals surface area contributed by atoms with Gasteiger partial charge in [0, 0.05) is 11.9 Å². The molecule has 0 aliphatic heterocycles. The molecule has 3 rings (SSSR count). The van der Waals surface area contributed by atoms with Crippen molar-refractivity contribution < 1.29 is 9.53 Å². The third-order valence-electron chi connectivity index (χ3n) is 5.42. The molecule has 0 saturated carbocycles. The van der Waals surface area contributed by atoms with E-state index in [1.165, 1.54) is 5.56 Å². The van der Waals surface area contributed by atoms with Gasteiger partial charge in [0.15, 0.2) is 0 Å². The molecule has 3 atom stereocenters. The first kappa shape index (κ1) is 21.5. The lowest BCUT2D eigenvalue weighted by Crippen LogP contribution is -2.26. The molecule has 0 aliphatic carbocycles. The summed E-state index contributed by atoms with van der Waals surface area (Å²) in [4.78, 5) is 20.9. The highest BCUT2D eigenvalue weighted by molar-refractivity contribution is 5.89. The third kappa shape index (κ3) is 5.89. The minimum Gasteiger partial charge on any atom is -0.459 e. The number of hydrogen-bond acceptors (Lipinski definition) is 5. The average molecular weight is 404 g/mol. The van der Waals surface area contributed by atoms with Crippen molar-refractivity contribution in [2.45, 2.75) is 45.1 Å². The second-order valence-electron chi connectivity index (χ2n) is 7.65. The first-order chi connectivity index (χ1) is 14.6. The van der Waals surface area contributed by atoms with E-state index in [0.29, 0.717) is 5.56 Å². The summed E-state index contributed by atoms with van der Waals surface area (Å²) < 4.78 is 5.87. The van der Waals surface area contributed by atoms with Crippen LogP contribution in [0.15, 0.2) is 72.9 Å². The van der Waals surface area contributed by atoms with Gasteiger partial charge in [0.1, 0.15) is 6.10 Å². The summed E-state index contributed by atoms with van der Waals surface area (Å²) in [6.45, 7) is 4.21. The lowest BCUT2D eigenvalue weighted by molar-refractivity contribution is 0.0128. The number of benzene rings is 2. The van der Waals surface area contributed by atoms with Crippen molar-refractivity contribution in [1.82, 2.24) is 9.97 Å². The zero-order valence-electron chi connectivity index (χ0n) is 17.6. The van der Waals surface area contributed by atoms with Gasteiger partial charge in [-0.25, -0.2) is 14.8 Å². The topological polar surface area (TPSA) is 78.1 Å². The highest BCUT2D eigenvalue weighted by Crippen LogP contribution is 2.30. The molecule has 2 N–H and O–H groups in total. The summed E-state index contributed by atoms with van der Waals surface area (Å²) in [5.41, 5.74) is 8.51. The van der Waals surface area contributed by atoms with Gasteiger partial charge in [-0.15, -0.1) is 0 Å². The van der Waals surface area contributed by atoms with Gasteiger partial charge in [-0.2, -0.15) is 0 Å². The molecule has 30 heavy (non-hydrogen) atoms. The number of hydrogen-bond donors (Lipinski definition) is 1. The largest absolute Gasteiger partial charge is 0.459 e. The number of ether oxygens (including phenoxy) is 1. The summed E-state index contributed by atoms with van der Waals surface area (Å²) in [6.07, 6.45) is 3.93. The van der Waals surface area contributed by atoms with Gasteiger partial charge in [-0.3, -0.25) is 0 Å². The first-order valence-corrected chi connectivity index (χ1v) is 10.4. The van der Waals surface area contributed by atoms with Crippen LogP contribution in [0.3, 0.4) is 0 Å². The molecule has 5 nitrogen and oxygen atoms in total. The van der Waals surface area contributed by atoms with Crippen LogP contribution in [0, 0.1) is 5.92 Å². The Balaban J connectivity index is 1.74. The molecule has 3 unspecified atom stereocenters. The van der Waals surface area contributed by atoms with E-state index in [0.717, 1.165) is 25.0 Å². The van der Waals surface area contributed by atoms with Crippen LogP contribution in [0.2, 0.25) is 0 Å². The lowest BCUT2D eigenvalue weighted by Gasteiger charge is -2.27. The van der Waals surface area contributed by atoms with Crippen molar-refractivity contribution in [1.29, 1.82) is 0 Å². The Bertz CT molecular complexity index is 931. The predicted octanol–water partition coefficient (Wildman–Crippen LogP) is 5.05. The third-order valence-corrected chi connectivity index (χ3v) is 5.42. The predicted molar refractivity (Wildman–Crippen MR) is 119 cm³/mol. The number of anilines is 1. The molecular weight excluding hydrogens is 374 g/mol. The second-order valence-corrected chi connectivity index (χ2v) is 7.65. The van der Waals surface area contributed by atoms with E-state index in [1.54, 1.807) is 18.3 Å². The SMILES string of the molecule is CCC(OC(=O)c1ccccc1)C(C)CC(Cc1ccnc(N)n1)c1ccccc1. The number of rotatable bonds is 9. The molecule has 1 aromatic heterocycles. The molecule has 3 aromatic rings. The van der Waals surface area contributed by atoms with Gasteiger partial charge in [0.2, 0.25) is 5.95 Å². The van der Waals surface area contributed by atoms with Crippen LogP contribution < -0.4 is 5.73 Å². The molecule has 156 valence electrons. The van der Waals surface area contributed by atoms with Gasteiger partial charge in [0.25, 0.3) is 0 Å². The molecule has 0 spiro atoms. The molecular formula is C25H29N3O2. The highest BCUT2D eigenvalue weighted by atomic mass is 16.5. The zero-order valence-corrected chi connectivity index (χ0v) is 17.6. The standard InChI is InChI=1S/C25H29N3O2/c1-3-23(30-24(29)20-12-8-5-9-13-20)18(2)16-21(19-10-6-4-7-11-19)17-22-14-15-27-25(26)28-22/h4-15,18,21,23H,3,16-17H2,1-2H3,(H2,26,27,28). The number of esters is 1. The van der Waals surface area contributed by atoms with E-state index in [-0.39, 0.29) is 29.9 Å². The molecule has 2 aromatic carbocycles. The quantitative estimate of drug-likeness (QED) is 0.506. The maximum atomic E-state index is 12.5. The van der Waals surface area contributed by atoms with Gasteiger partial charge in [0.05, 0.1) is 5.56 Å². The second kappa shape index (κ2) is 10.5. The molecule has 1 heterocycles. The highest BCUT2D eigenvalue weighted by Gasteiger charge is 2.25. The fourth-order valence-electron chi connectivity index (χ4n) is 3.82. The van der Waals surface area contributed by atoms with Crippen molar-refractivity contribution in [2.75, 3.05) is 5.73 Å². The van der Waals surface area contributed by atoms with Crippen LogP contribution in [0.1, 0.15) is 54.2 Å². The van der Waals surface area contributed by atoms with E-state index >= 15 is 0 Å². The van der Waals surface area contributed by atoms with Crippen LogP contribution in [-0.4, -0.2) is 22.0 Å². The summed E-state index contributed by atoms with van der Waals surface area (Å²) in [5.74, 6) is 0.441. The van der Waals surface area contributed by atoms with Crippen LogP contribution in [0.5, 0.6) is 0 Å². The number of carbonyl (C=O) groups excluding carboxylic acids is 1. The molecule has 0 aliphatic rings. The molecule has 0 radical (unpaired) electrons. The minimum absolute atomic E-state index is 0.153. The normalized spacial score (nSPS) is 13.9. The maximum absolute atomic E-state index is 12.5. The van der Waals surface area contributed by atoms with Crippen molar-refractivity contribution in [3.8, 4) is 0 Å². The van der Waals surface area contributed by atoms with Crippen LogP contribution in [0.25, 0.3) is 0 Å². The Kier molecular flexibility index (Phi) is 7.55. The van der Waals surface area contributed by atoms with E-state index in [1.807, 2.05) is 42.5 Å². The van der Waals surface area contributed by atoms with E-state index in [4.69, 9.17) is 10.5 Å². The number of aromatic nitrogens is 2. The molecule has 0 bridgehead atoms. The average Bonchev–Trinajstić information content (AvgIpc) is 2.78. The van der Waals surface area contributed by atoms with Crippen molar-refractivity contribution >= 4 is 11.9 Å². The van der Waals surface area contributed by atoms with Crippen LogP contribution in [0.4, 0.5) is 5.95 Å². The summed E-state index contributed by atoms with van der Waals surface area (Å²) >= 11 is 0. The van der Waals surface area contributed by atoms with Crippen molar-refractivity contribution in [3.63, 3.8) is 0 Å². The number of nitrogens with two attached hydrogens (primary N) is 1. The lowest BCUT2D eigenvalue weighted by atomic mass is 9.83. The summed E-state index contributed by atoms with van der Waals surface area (Å²) in [6, 6.07) is 21.4. The fourth-order valence-corrected chi connectivity index (χ4v) is 3.82. The van der Waals surface area contributed by atoms with Gasteiger partial charge in [-0.05, 0) is 54.9 Å². The summed E-state index contributed by atoms with van der Waals surface area (Å²) in [7, 11) is 0. The zero-order chi connectivity index (χ0) is 21.3. The first-order valence-electron chi connectivity index (χ1n) is 10.4. The van der Waals surface area contributed by atoms with Crippen LogP contribution in [-0.2, 0) is 11.2 Å². The maximum Gasteiger partial charge on any atom is 0.338 e. The molecule has 0 amide bonds. The minimum atomic E-state index is -0.269. The fraction of sp³-hybridized carbons (Fsp3) is 0.320. The Morgan fingerprint density at radius 3 is 2.33 bits per heavy atom. The number of nitrogens with zero attached hydrogens (tertiary/aromatic N) is 2. The van der Waals surface area contributed by atoms with Gasteiger partial charge in [-0.1, -0.05) is 62.4 Å². The Labute approximate surface area is 178 Å². The van der Waals surface area contributed by atoms with E-state index in [9.17, 15) is 4.79 Å². The Morgan fingerprint density at radius 2 is 1.70 bits per heavy atom. The smallest absolute Gasteiger partial charge is 0.338 e. The Morgan fingerprint density at radius 1 is 1.03 bits per heavy atom. The molecule has 5 heteroatoms. The monoisotopic (exact) mass is 403 g/mol. The number of nitrogen functional groups attached to an aromatic ring is 1. The van der Waals surface area contributed by atoms with Crippen LogP contribution >= 0.6 is 0 Å². The molecule has 0 saturated heterocycles. The van der Waals surface area contributed by atoms with E-state index < -0.39 is 0 Å². The molecule has 0 fully saturated rings. The van der Waals surface area contributed by atoms with Crippen molar-refractivity contribution in [3.05, 3.63) is 89.7 Å². The van der Waals surface area contributed by atoms with Gasteiger partial charge >= 0.3 is 5.97 Å².